The molecular formula is C16H21NOS. The summed E-state index contributed by atoms with van der Waals surface area (Å²) >= 11 is 1.72. The Morgan fingerprint density at radius 1 is 1.05 bits per heavy atom. The molecular weight excluding hydrogens is 254 g/mol. The second-order valence-corrected chi connectivity index (χ2v) is 6.86. The number of rotatable bonds is 4. The van der Waals surface area contributed by atoms with Gasteiger partial charge in [-0.15, -0.1) is 11.3 Å². The highest BCUT2D eigenvalue weighted by Crippen LogP contribution is 2.31. The first-order valence-corrected chi connectivity index (χ1v) is 7.32. The summed E-state index contributed by atoms with van der Waals surface area (Å²) in [6, 6.07) is 12.4. The van der Waals surface area contributed by atoms with E-state index in [-0.39, 0.29) is 5.41 Å². The highest BCUT2D eigenvalue weighted by molar-refractivity contribution is 7.11. The van der Waals surface area contributed by atoms with Crippen LogP contribution in [-0.2, 0) is 18.6 Å². The van der Waals surface area contributed by atoms with E-state index in [1.54, 1.807) is 11.3 Å². The Kier molecular flexibility index (Phi) is 4.27. The maximum Gasteiger partial charge on any atom is 0.123 e. The van der Waals surface area contributed by atoms with E-state index in [0.29, 0.717) is 13.2 Å². The fourth-order valence-corrected chi connectivity index (χ4v) is 2.78. The van der Waals surface area contributed by atoms with Gasteiger partial charge < -0.3 is 10.5 Å². The van der Waals surface area contributed by atoms with E-state index in [2.05, 4.69) is 45.0 Å². The molecule has 0 radical (unpaired) electrons. The van der Waals surface area contributed by atoms with Gasteiger partial charge in [-0.05, 0) is 29.2 Å². The summed E-state index contributed by atoms with van der Waals surface area (Å²) in [5.41, 5.74) is 6.95. The predicted molar refractivity (Wildman–Crippen MR) is 81.7 cm³/mol. The average Bonchev–Trinajstić information content (AvgIpc) is 2.83. The van der Waals surface area contributed by atoms with Crippen molar-refractivity contribution in [3.8, 4) is 5.75 Å². The Labute approximate surface area is 119 Å². The molecule has 1 aromatic carbocycles. The van der Waals surface area contributed by atoms with Crippen LogP contribution in [0.2, 0.25) is 0 Å². The van der Waals surface area contributed by atoms with Crippen molar-refractivity contribution in [3.63, 3.8) is 0 Å². The van der Waals surface area contributed by atoms with E-state index in [1.807, 2.05) is 12.1 Å². The van der Waals surface area contributed by atoms with Crippen molar-refractivity contribution in [2.24, 2.45) is 5.73 Å². The minimum Gasteiger partial charge on any atom is -0.488 e. The third-order valence-corrected chi connectivity index (χ3v) is 4.06. The molecule has 0 bridgehead atoms. The highest BCUT2D eigenvalue weighted by Gasteiger charge is 2.18. The highest BCUT2D eigenvalue weighted by atomic mass is 32.1. The van der Waals surface area contributed by atoms with Crippen LogP contribution in [0.15, 0.2) is 36.4 Å². The van der Waals surface area contributed by atoms with Crippen molar-refractivity contribution in [2.75, 3.05) is 0 Å². The van der Waals surface area contributed by atoms with Crippen LogP contribution in [0.1, 0.15) is 36.1 Å². The molecule has 0 fully saturated rings. The monoisotopic (exact) mass is 275 g/mol. The maximum atomic E-state index is 5.98. The molecule has 2 rings (SSSR count). The van der Waals surface area contributed by atoms with Gasteiger partial charge in [0.05, 0.1) is 0 Å². The molecule has 0 saturated carbocycles. The lowest BCUT2D eigenvalue weighted by Crippen LogP contribution is -2.13. The van der Waals surface area contributed by atoms with Crippen molar-refractivity contribution >= 4 is 11.3 Å². The van der Waals surface area contributed by atoms with Crippen LogP contribution in [-0.4, -0.2) is 0 Å². The topological polar surface area (TPSA) is 35.2 Å². The van der Waals surface area contributed by atoms with Crippen molar-refractivity contribution in [1.29, 1.82) is 0 Å². The number of thiophene rings is 1. The second-order valence-electron chi connectivity index (χ2n) is 5.61. The molecule has 0 aliphatic carbocycles. The summed E-state index contributed by atoms with van der Waals surface area (Å²) in [5, 5.41) is 0. The van der Waals surface area contributed by atoms with Crippen LogP contribution in [0.5, 0.6) is 5.75 Å². The molecule has 2 aromatic rings. The predicted octanol–water partition coefficient (Wildman–Crippen LogP) is 4.08. The van der Waals surface area contributed by atoms with Gasteiger partial charge in [-0.25, -0.2) is 0 Å². The van der Waals surface area contributed by atoms with Crippen molar-refractivity contribution < 1.29 is 4.74 Å². The lowest BCUT2D eigenvalue weighted by Gasteiger charge is -2.22. The Morgan fingerprint density at radius 3 is 2.37 bits per heavy atom. The molecule has 102 valence electrons. The van der Waals surface area contributed by atoms with E-state index in [4.69, 9.17) is 10.5 Å². The first-order chi connectivity index (χ1) is 9.00. The van der Waals surface area contributed by atoms with Crippen molar-refractivity contribution in [3.05, 3.63) is 51.7 Å². The smallest absolute Gasteiger partial charge is 0.123 e. The lowest BCUT2D eigenvalue weighted by atomic mass is 9.86. The van der Waals surface area contributed by atoms with Crippen molar-refractivity contribution in [1.82, 2.24) is 0 Å². The fourth-order valence-electron chi connectivity index (χ4n) is 1.97. The van der Waals surface area contributed by atoms with Gasteiger partial charge in [-0.1, -0.05) is 39.0 Å². The fraction of sp³-hybridized carbons (Fsp3) is 0.375. The van der Waals surface area contributed by atoms with E-state index < -0.39 is 0 Å². The standard InChI is InChI=1S/C16H21NOS/c1-16(2,3)14-6-4-5-7-15(14)18-11-13-9-8-12(10-17)19-13/h4-9H,10-11,17H2,1-3H3. The van der Waals surface area contributed by atoms with Gasteiger partial charge in [-0.3, -0.25) is 0 Å². The zero-order chi connectivity index (χ0) is 13.9. The third-order valence-electron chi connectivity index (χ3n) is 2.98. The summed E-state index contributed by atoms with van der Waals surface area (Å²) in [6.07, 6.45) is 0. The van der Waals surface area contributed by atoms with Gasteiger partial charge in [0.15, 0.2) is 0 Å². The van der Waals surface area contributed by atoms with Gasteiger partial charge in [0.2, 0.25) is 0 Å². The molecule has 2 nitrogen and oxygen atoms in total. The molecule has 19 heavy (non-hydrogen) atoms. The molecule has 0 aliphatic heterocycles. The summed E-state index contributed by atoms with van der Waals surface area (Å²) in [7, 11) is 0. The van der Waals surface area contributed by atoms with Gasteiger partial charge in [0.1, 0.15) is 12.4 Å². The van der Waals surface area contributed by atoms with E-state index in [9.17, 15) is 0 Å². The maximum absolute atomic E-state index is 5.98. The summed E-state index contributed by atoms with van der Waals surface area (Å²) < 4.78 is 5.98. The number of nitrogens with two attached hydrogens (primary N) is 1. The Hall–Kier alpha value is -1.32. The lowest BCUT2D eigenvalue weighted by molar-refractivity contribution is 0.301. The van der Waals surface area contributed by atoms with Crippen LogP contribution >= 0.6 is 11.3 Å². The molecule has 0 saturated heterocycles. The van der Waals surface area contributed by atoms with Crippen LogP contribution in [0.4, 0.5) is 0 Å². The zero-order valence-corrected chi connectivity index (χ0v) is 12.6. The van der Waals surface area contributed by atoms with Crippen LogP contribution in [0, 0.1) is 0 Å². The number of ether oxygens (including phenoxy) is 1. The molecule has 1 aromatic heterocycles. The average molecular weight is 275 g/mol. The van der Waals surface area contributed by atoms with Gasteiger partial charge in [0.25, 0.3) is 0 Å². The minimum absolute atomic E-state index is 0.0917. The summed E-state index contributed by atoms with van der Waals surface area (Å²) in [6.45, 7) is 7.81. The molecule has 0 aliphatic rings. The molecule has 2 N–H and O–H groups in total. The Balaban J connectivity index is 2.11. The molecule has 0 unspecified atom stereocenters. The van der Waals surface area contributed by atoms with Gasteiger partial charge >= 0.3 is 0 Å². The van der Waals surface area contributed by atoms with Crippen LogP contribution in [0.3, 0.4) is 0 Å². The molecule has 3 heteroatoms. The molecule has 0 spiro atoms. The normalized spacial score (nSPS) is 11.6. The van der Waals surface area contributed by atoms with Gasteiger partial charge in [0, 0.05) is 16.3 Å². The number of hydrogen-bond donors (Lipinski definition) is 1. The second kappa shape index (κ2) is 5.76. The SMILES string of the molecule is CC(C)(C)c1ccccc1OCc1ccc(CN)s1. The Morgan fingerprint density at radius 2 is 1.74 bits per heavy atom. The minimum atomic E-state index is 0.0917. The largest absolute Gasteiger partial charge is 0.488 e. The Bertz CT molecular complexity index is 540. The number of benzene rings is 1. The molecule has 1 heterocycles. The van der Waals surface area contributed by atoms with E-state index >= 15 is 0 Å². The van der Waals surface area contributed by atoms with Crippen LogP contribution < -0.4 is 10.5 Å². The van der Waals surface area contributed by atoms with Crippen LogP contribution in [0.25, 0.3) is 0 Å². The first kappa shape index (κ1) is 14.1. The van der Waals surface area contributed by atoms with E-state index in [0.717, 1.165) is 5.75 Å². The summed E-state index contributed by atoms with van der Waals surface area (Å²) in [5.74, 6) is 0.970. The van der Waals surface area contributed by atoms with E-state index in [1.165, 1.54) is 15.3 Å². The van der Waals surface area contributed by atoms with Crippen molar-refractivity contribution in [2.45, 2.75) is 39.3 Å². The third kappa shape index (κ3) is 3.58. The molecule has 0 atom stereocenters. The van der Waals surface area contributed by atoms with Gasteiger partial charge in [-0.2, -0.15) is 0 Å². The molecule has 0 amide bonds. The quantitative estimate of drug-likeness (QED) is 0.912. The summed E-state index contributed by atoms with van der Waals surface area (Å²) in [4.78, 5) is 2.41. The zero-order valence-electron chi connectivity index (χ0n) is 11.8. The number of para-hydroxylation sites is 1. The first-order valence-electron chi connectivity index (χ1n) is 6.50. The number of hydrogen-bond acceptors (Lipinski definition) is 3.